The van der Waals surface area contributed by atoms with Crippen LogP contribution < -0.4 is 5.73 Å². The first kappa shape index (κ1) is 14.0. The molecule has 1 aromatic rings. The molecule has 1 aromatic carbocycles. The zero-order chi connectivity index (χ0) is 14.0. The van der Waals surface area contributed by atoms with Crippen LogP contribution >= 0.6 is 15.9 Å². The normalized spacial score (nSPS) is 16.4. The van der Waals surface area contributed by atoms with Gasteiger partial charge in [-0.15, -0.1) is 0 Å². The summed E-state index contributed by atoms with van der Waals surface area (Å²) >= 11 is 3.19. The summed E-state index contributed by atoms with van der Waals surface area (Å²) in [5.41, 5.74) is 5.68. The fourth-order valence-corrected chi connectivity index (χ4v) is 2.72. The summed E-state index contributed by atoms with van der Waals surface area (Å²) in [5, 5.41) is 0. The van der Waals surface area contributed by atoms with Gasteiger partial charge in [-0.2, -0.15) is 0 Å². The molecule has 2 rings (SSSR count). The molecule has 1 heterocycles. The Labute approximate surface area is 118 Å². The summed E-state index contributed by atoms with van der Waals surface area (Å²) in [6.45, 7) is 0.993. The van der Waals surface area contributed by atoms with Gasteiger partial charge in [-0.05, 0) is 47.0 Å². The number of piperidine rings is 1. The lowest BCUT2D eigenvalue weighted by atomic mass is 9.96. The predicted molar refractivity (Wildman–Crippen MR) is 71.9 cm³/mol. The van der Waals surface area contributed by atoms with E-state index in [0.29, 0.717) is 36.0 Å². The van der Waals surface area contributed by atoms with Crippen molar-refractivity contribution >= 4 is 27.7 Å². The molecule has 0 unspecified atom stereocenters. The number of carbonyl (C=O) groups is 2. The molecule has 2 N–H and O–H groups in total. The minimum atomic E-state index is -0.393. The van der Waals surface area contributed by atoms with Crippen molar-refractivity contribution in [1.29, 1.82) is 0 Å². The quantitative estimate of drug-likeness (QED) is 0.901. The van der Waals surface area contributed by atoms with Crippen molar-refractivity contribution in [2.45, 2.75) is 12.8 Å². The second-order valence-electron chi connectivity index (χ2n) is 4.59. The van der Waals surface area contributed by atoms with Crippen molar-refractivity contribution < 1.29 is 14.0 Å². The average Bonchev–Trinajstić information content (AvgIpc) is 2.38. The highest BCUT2D eigenvalue weighted by Gasteiger charge is 2.27. The summed E-state index contributed by atoms with van der Waals surface area (Å²) in [4.78, 5) is 25.0. The molecule has 2 amide bonds. The van der Waals surface area contributed by atoms with Gasteiger partial charge in [-0.1, -0.05) is 0 Å². The lowest BCUT2D eigenvalue weighted by Gasteiger charge is -2.30. The van der Waals surface area contributed by atoms with Crippen LogP contribution in [0.5, 0.6) is 0 Å². The molecule has 0 aliphatic carbocycles. The summed E-state index contributed by atoms with van der Waals surface area (Å²) in [6, 6.07) is 3.99. The molecule has 102 valence electrons. The van der Waals surface area contributed by atoms with Gasteiger partial charge in [-0.25, -0.2) is 4.39 Å². The highest BCUT2D eigenvalue weighted by atomic mass is 79.9. The van der Waals surface area contributed by atoms with Crippen molar-refractivity contribution in [2.75, 3.05) is 13.1 Å². The number of benzene rings is 1. The molecule has 1 saturated heterocycles. The van der Waals surface area contributed by atoms with Crippen molar-refractivity contribution in [3.63, 3.8) is 0 Å². The minimum absolute atomic E-state index is 0.152. The third kappa shape index (κ3) is 3.12. The van der Waals surface area contributed by atoms with Crippen LogP contribution in [0.1, 0.15) is 23.2 Å². The zero-order valence-electron chi connectivity index (χ0n) is 10.2. The average molecular weight is 329 g/mol. The molecule has 19 heavy (non-hydrogen) atoms. The van der Waals surface area contributed by atoms with E-state index >= 15 is 0 Å². The summed E-state index contributed by atoms with van der Waals surface area (Å²) in [5.74, 6) is -1.01. The first-order valence-corrected chi connectivity index (χ1v) is 6.82. The van der Waals surface area contributed by atoms with Gasteiger partial charge < -0.3 is 10.6 Å². The number of rotatable bonds is 2. The van der Waals surface area contributed by atoms with Crippen LogP contribution in [-0.2, 0) is 4.79 Å². The van der Waals surface area contributed by atoms with Gasteiger partial charge in [0.25, 0.3) is 5.91 Å². The SMILES string of the molecule is NC(=O)C1CCN(C(=O)c2ccc(F)cc2Br)CC1. The molecule has 0 bridgehead atoms. The van der Waals surface area contributed by atoms with Gasteiger partial charge in [0.05, 0.1) is 5.56 Å². The fourth-order valence-electron chi connectivity index (χ4n) is 2.20. The van der Waals surface area contributed by atoms with Gasteiger partial charge in [-0.3, -0.25) is 9.59 Å². The largest absolute Gasteiger partial charge is 0.369 e. The summed E-state index contributed by atoms with van der Waals surface area (Å²) in [7, 11) is 0. The van der Waals surface area contributed by atoms with Crippen molar-refractivity contribution in [3.05, 3.63) is 34.1 Å². The maximum atomic E-state index is 13.0. The molecular formula is C13H14BrFN2O2. The number of hydrogen-bond donors (Lipinski definition) is 1. The van der Waals surface area contributed by atoms with E-state index in [1.807, 2.05) is 0 Å². The lowest BCUT2D eigenvalue weighted by molar-refractivity contribution is -0.123. The second-order valence-corrected chi connectivity index (χ2v) is 5.45. The number of primary amides is 1. The number of hydrogen-bond acceptors (Lipinski definition) is 2. The molecule has 0 aromatic heterocycles. The molecule has 6 heteroatoms. The molecule has 0 saturated carbocycles. The van der Waals surface area contributed by atoms with E-state index in [2.05, 4.69) is 15.9 Å². The Morgan fingerprint density at radius 2 is 1.95 bits per heavy atom. The Morgan fingerprint density at radius 3 is 2.47 bits per heavy atom. The third-order valence-corrected chi connectivity index (χ3v) is 4.00. The van der Waals surface area contributed by atoms with Crippen LogP contribution in [-0.4, -0.2) is 29.8 Å². The minimum Gasteiger partial charge on any atom is -0.369 e. The molecule has 0 atom stereocenters. The molecule has 0 radical (unpaired) electrons. The molecular weight excluding hydrogens is 315 g/mol. The highest BCUT2D eigenvalue weighted by Crippen LogP contribution is 2.23. The Hall–Kier alpha value is -1.43. The van der Waals surface area contributed by atoms with E-state index in [-0.39, 0.29) is 17.7 Å². The highest BCUT2D eigenvalue weighted by molar-refractivity contribution is 9.10. The van der Waals surface area contributed by atoms with E-state index in [1.165, 1.54) is 18.2 Å². The number of amides is 2. The van der Waals surface area contributed by atoms with Crippen molar-refractivity contribution in [2.24, 2.45) is 11.7 Å². The van der Waals surface area contributed by atoms with Crippen LogP contribution in [0.3, 0.4) is 0 Å². The van der Waals surface area contributed by atoms with Crippen LogP contribution in [0.4, 0.5) is 4.39 Å². The Balaban J connectivity index is 2.07. The van der Waals surface area contributed by atoms with Gasteiger partial charge in [0.1, 0.15) is 5.82 Å². The topological polar surface area (TPSA) is 63.4 Å². The number of likely N-dealkylation sites (tertiary alicyclic amines) is 1. The zero-order valence-corrected chi connectivity index (χ0v) is 11.8. The van der Waals surface area contributed by atoms with E-state index in [1.54, 1.807) is 4.90 Å². The summed E-state index contributed by atoms with van der Waals surface area (Å²) in [6.07, 6.45) is 1.17. The molecule has 1 aliphatic heterocycles. The van der Waals surface area contributed by atoms with Crippen LogP contribution in [0.2, 0.25) is 0 Å². The van der Waals surface area contributed by atoms with Gasteiger partial charge in [0.15, 0.2) is 0 Å². The van der Waals surface area contributed by atoms with E-state index in [4.69, 9.17) is 5.73 Å². The maximum Gasteiger partial charge on any atom is 0.255 e. The Morgan fingerprint density at radius 1 is 1.32 bits per heavy atom. The number of nitrogens with two attached hydrogens (primary N) is 1. The van der Waals surface area contributed by atoms with Crippen molar-refractivity contribution in [3.8, 4) is 0 Å². The van der Waals surface area contributed by atoms with E-state index in [9.17, 15) is 14.0 Å². The fraction of sp³-hybridized carbons (Fsp3) is 0.385. The molecule has 1 aliphatic rings. The van der Waals surface area contributed by atoms with Crippen LogP contribution in [0.15, 0.2) is 22.7 Å². The molecule has 0 spiro atoms. The van der Waals surface area contributed by atoms with E-state index in [0.717, 1.165) is 0 Å². The van der Waals surface area contributed by atoms with Crippen LogP contribution in [0.25, 0.3) is 0 Å². The first-order valence-electron chi connectivity index (χ1n) is 6.02. The van der Waals surface area contributed by atoms with Gasteiger partial charge in [0.2, 0.25) is 5.91 Å². The first-order chi connectivity index (χ1) is 8.99. The monoisotopic (exact) mass is 328 g/mol. The standard InChI is InChI=1S/C13H14BrFN2O2/c14-11-7-9(15)1-2-10(11)13(19)17-5-3-8(4-6-17)12(16)18/h1-2,7-8H,3-6H2,(H2,16,18). The number of halogens is 2. The van der Waals surface area contributed by atoms with Gasteiger partial charge >= 0.3 is 0 Å². The van der Waals surface area contributed by atoms with Crippen LogP contribution in [0, 0.1) is 11.7 Å². The summed E-state index contributed by atoms with van der Waals surface area (Å²) < 4.78 is 13.4. The Bertz CT molecular complexity index is 513. The number of nitrogens with zero attached hydrogens (tertiary/aromatic N) is 1. The van der Waals surface area contributed by atoms with Gasteiger partial charge in [0, 0.05) is 23.5 Å². The molecule has 1 fully saturated rings. The third-order valence-electron chi connectivity index (χ3n) is 3.35. The van der Waals surface area contributed by atoms with Crippen molar-refractivity contribution in [1.82, 2.24) is 4.90 Å². The molecule has 4 nitrogen and oxygen atoms in total. The number of carbonyl (C=O) groups excluding carboxylic acids is 2. The predicted octanol–water partition coefficient (Wildman–Crippen LogP) is 1.93. The van der Waals surface area contributed by atoms with E-state index < -0.39 is 5.82 Å². The second kappa shape index (κ2) is 5.69. The maximum absolute atomic E-state index is 13.0. The smallest absolute Gasteiger partial charge is 0.255 e. The lowest BCUT2D eigenvalue weighted by Crippen LogP contribution is -2.41. The Kier molecular flexibility index (Phi) is 4.19.